The van der Waals surface area contributed by atoms with E-state index in [0.717, 1.165) is 12.8 Å². The van der Waals surface area contributed by atoms with Crippen molar-refractivity contribution in [3.05, 3.63) is 102 Å². The molecule has 0 spiro atoms. The van der Waals surface area contributed by atoms with E-state index < -0.39 is 36.4 Å². The predicted octanol–water partition coefficient (Wildman–Crippen LogP) is 5.21. The number of hydrogen-bond acceptors (Lipinski definition) is 6. The first-order chi connectivity index (χ1) is 21.4. The van der Waals surface area contributed by atoms with Gasteiger partial charge in [0.05, 0.1) is 12.8 Å². The molecule has 238 valence electrons. The maximum Gasteiger partial charge on any atom is 0.336 e. The summed E-state index contributed by atoms with van der Waals surface area (Å²) < 4.78 is 0. The quantitative estimate of drug-likeness (QED) is 0.152. The topological polar surface area (TPSA) is 164 Å². The minimum Gasteiger partial charge on any atom is -0.481 e. The fourth-order valence-corrected chi connectivity index (χ4v) is 6.48. The number of rotatable bonds is 11. The van der Waals surface area contributed by atoms with Gasteiger partial charge in [-0.3, -0.25) is 19.5 Å². The molecule has 2 aromatic heterocycles. The molecule has 1 aliphatic rings. The van der Waals surface area contributed by atoms with Crippen LogP contribution in [0.1, 0.15) is 67.0 Å². The number of pyridine rings is 1. The Kier molecular flexibility index (Phi) is 10.7. The van der Waals surface area contributed by atoms with Crippen molar-refractivity contribution in [1.29, 1.82) is 0 Å². The van der Waals surface area contributed by atoms with Gasteiger partial charge in [-0.15, -0.1) is 0 Å². The summed E-state index contributed by atoms with van der Waals surface area (Å²) in [5, 5.41) is 35.2. The Morgan fingerprint density at radius 3 is 2.02 bits per heavy atom. The number of aromatic nitrogens is 2. The average Bonchev–Trinajstić information content (AvgIpc) is 3.39. The van der Waals surface area contributed by atoms with Crippen LogP contribution in [0.3, 0.4) is 0 Å². The normalized spacial score (nSPS) is 18.3. The van der Waals surface area contributed by atoms with Crippen molar-refractivity contribution in [3.8, 4) is 0 Å². The lowest BCUT2D eigenvalue weighted by atomic mass is 9.70. The summed E-state index contributed by atoms with van der Waals surface area (Å²) in [7, 11) is 4.49. The molecule has 1 aliphatic carbocycles. The number of para-hydroxylation sites is 1. The lowest BCUT2D eigenvalue weighted by Gasteiger charge is -2.45. The predicted molar refractivity (Wildman–Crippen MR) is 170 cm³/mol. The molecule has 0 aliphatic heterocycles. The Morgan fingerprint density at radius 2 is 1.47 bits per heavy atom. The Labute approximate surface area is 262 Å². The van der Waals surface area contributed by atoms with Gasteiger partial charge in [0.25, 0.3) is 0 Å². The molecule has 2 aromatic carbocycles. The van der Waals surface area contributed by atoms with Crippen LogP contribution in [-0.4, -0.2) is 72.9 Å². The van der Waals surface area contributed by atoms with E-state index in [1.807, 2.05) is 12.3 Å². The molecule has 5 rings (SSSR count). The van der Waals surface area contributed by atoms with Crippen molar-refractivity contribution in [3.63, 3.8) is 0 Å². The summed E-state index contributed by atoms with van der Waals surface area (Å²) in [6.45, 7) is 0. The van der Waals surface area contributed by atoms with E-state index in [-0.39, 0.29) is 5.54 Å². The molecule has 10 heteroatoms. The fraction of sp³-hybridized carbons (Fsp3) is 0.371. The first-order valence-corrected chi connectivity index (χ1v) is 15.1. The van der Waals surface area contributed by atoms with Crippen molar-refractivity contribution in [1.82, 2.24) is 14.9 Å². The van der Waals surface area contributed by atoms with Crippen LogP contribution in [-0.2, 0) is 32.8 Å². The van der Waals surface area contributed by atoms with E-state index in [4.69, 9.17) is 20.4 Å². The van der Waals surface area contributed by atoms with E-state index in [1.54, 1.807) is 0 Å². The van der Waals surface area contributed by atoms with Crippen LogP contribution in [0.15, 0.2) is 79.0 Å². The fourth-order valence-electron chi connectivity index (χ4n) is 6.48. The van der Waals surface area contributed by atoms with Crippen LogP contribution in [0.2, 0.25) is 0 Å². The Balaban J connectivity index is 0.000000302. The molecule has 1 fully saturated rings. The Bertz CT molecular complexity index is 1580. The molecule has 0 bridgehead atoms. The lowest BCUT2D eigenvalue weighted by molar-refractivity contribution is -0.170. The molecule has 1 saturated carbocycles. The van der Waals surface area contributed by atoms with Gasteiger partial charge in [0.2, 0.25) is 0 Å². The number of aryl methyl sites for hydroxylation is 2. The summed E-state index contributed by atoms with van der Waals surface area (Å²) >= 11 is 0. The number of nitrogens with zero attached hydrogens (tertiary/aromatic N) is 2. The van der Waals surface area contributed by atoms with Crippen molar-refractivity contribution < 1.29 is 34.8 Å². The number of carbonyl (C=O) groups is 3. The second-order valence-electron chi connectivity index (χ2n) is 11.9. The van der Waals surface area contributed by atoms with Crippen LogP contribution in [0.25, 0.3) is 10.9 Å². The van der Waals surface area contributed by atoms with E-state index >= 15 is 0 Å². The molecule has 2 heterocycles. The van der Waals surface area contributed by atoms with E-state index in [2.05, 4.69) is 95.7 Å². The number of H-pyrrole nitrogens is 1. The monoisotopic (exact) mass is 615 g/mol. The molecular formula is C35H41N3O7. The van der Waals surface area contributed by atoms with Crippen molar-refractivity contribution in [2.24, 2.45) is 0 Å². The summed E-state index contributed by atoms with van der Waals surface area (Å²) in [4.78, 5) is 41.3. The first-order valence-electron chi connectivity index (χ1n) is 15.1. The summed E-state index contributed by atoms with van der Waals surface area (Å²) in [5.74, 6) is -4.44. The van der Waals surface area contributed by atoms with Crippen molar-refractivity contribution in [2.75, 3.05) is 14.1 Å². The van der Waals surface area contributed by atoms with Crippen LogP contribution in [0.5, 0.6) is 0 Å². The highest BCUT2D eigenvalue weighted by Gasteiger charge is 2.41. The third-order valence-electron chi connectivity index (χ3n) is 8.88. The standard InChI is InChI=1S/C29H33N3.C6H8O7/c1-32(2)29(23-10-4-3-5-11-23)19-17-22(18-20-29)28-26(16-15-24-12-8-9-21-30-24)25-13-6-7-14-27(25)31-28;7-3(8)1-6(13,5(11)12)2-4(9)10/h3-14,21-22,31H,15-20H2,1-2H3;13H,1-2H2,(H,7,8)(H,9,10)(H,11,12). The highest BCUT2D eigenvalue weighted by molar-refractivity contribution is 5.88. The molecular weight excluding hydrogens is 574 g/mol. The highest BCUT2D eigenvalue weighted by atomic mass is 16.4. The number of nitrogens with one attached hydrogen (secondary N) is 1. The van der Waals surface area contributed by atoms with Crippen molar-refractivity contribution >= 4 is 28.8 Å². The number of aliphatic hydroxyl groups is 1. The summed E-state index contributed by atoms with van der Waals surface area (Å²) in [6.07, 6.45) is 6.40. The maximum atomic E-state index is 10.3. The second kappa shape index (κ2) is 14.5. The lowest BCUT2D eigenvalue weighted by Crippen LogP contribution is -2.44. The van der Waals surface area contributed by atoms with Gasteiger partial charge in [-0.05, 0) is 87.9 Å². The van der Waals surface area contributed by atoms with Gasteiger partial charge in [-0.1, -0.05) is 54.6 Å². The van der Waals surface area contributed by atoms with Gasteiger partial charge in [-0.25, -0.2) is 4.79 Å². The summed E-state index contributed by atoms with van der Waals surface area (Å²) in [5.41, 5.74) is 4.25. The molecule has 0 amide bonds. The molecule has 45 heavy (non-hydrogen) atoms. The zero-order chi connectivity index (χ0) is 32.6. The van der Waals surface area contributed by atoms with Gasteiger partial charge < -0.3 is 25.4 Å². The molecule has 10 nitrogen and oxygen atoms in total. The number of aromatic amines is 1. The highest BCUT2D eigenvalue weighted by Crippen LogP contribution is 2.47. The molecule has 0 radical (unpaired) electrons. The number of carboxylic acids is 3. The van der Waals surface area contributed by atoms with E-state index in [1.165, 1.54) is 59.1 Å². The van der Waals surface area contributed by atoms with Gasteiger partial charge in [-0.2, -0.15) is 0 Å². The minimum absolute atomic E-state index is 0.137. The Morgan fingerprint density at radius 1 is 0.867 bits per heavy atom. The number of benzene rings is 2. The molecule has 0 atom stereocenters. The maximum absolute atomic E-state index is 10.3. The largest absolute Gasteiger partial charge is 0.481 e. The van der Waals surface area contributed by atoms with Gasteiger partial charge in [0.15, 0.2) is 5.60 Å². The van der Waals surface area contributed by atoms with Crippen LogP contribution < -0.4 is 0 Å². The Hall–Kier alpha value is -4.54. The molecule has 4 aromatic rings. The number of carboxylic acid groups (broad SMARTS) is 3. The van der Waals surface area contributed by atoms with Crippen LogP contribution >= 0.6 is 0 Å². The van der Waals surface area contributed by atoms with Gasteiger partial charge in [0, 0.05) is 34.0 Å². The zero-order valence-corrected chi connectivity index (χ0v) is 25.6. The van der Waals surface area contributed by atoms with E-state index in [0.29, 0.717) is 5.92 Å². The second-order valence-corrected chi connectivity index (χ2v) is 11.9. The zero-order valence-electron chi connectivity index (χ0n) is 25.6. The summed E-state index contributed by atoms with van der Waals surface area (Å²) in [6, 6.07) is 26.1. The van der Waals surface area contributed by atoms with E-state index in [9.17, 15) is 14.4 Å². The van der Waals surface area contributed by atoms with Crippen LogP contribution in [0.4, 0.5) is 0 Å². The third-order valence-corrected chi connectivity index (χ3v) is 8.88. The average molecular weight is 616 g/mol. The van der Waals surface area contributed by atoms with Gasteiger partial charge >= 0.3 is 17.9 Å². The number of fused-ring (bicyclic) bond motifs is 1. The minimum atomic E-state index is -2.74. The van der Waals surface area contributed by atoms with Crippen molar-refractivity contribution in [2.45, 2.75) is 68.4 Å². The smallest absolute Gasteiger partial charge is 0.336 e. The SMILES string of the molecule is CN(C)C1(c2ccccc2)CCC(c2[nH]c3ccccc3c2CCc2ccccn2)CC1.O=C(O)CC(O)(CC(=O)O)C(=O)O. The molecule has 5 N–H and O–H groups in total. The number of aliphatic carboxylic acids is 3. The molecule has 0 unspecified atom stereocenters. The number of hydrogen-bond donors (Lipinski definition) is 5. The molecule has 0 saturated heterocycles. The van der Waals surface area contributed by atoms with Crippen LogP contribution in [0, 0.1) is 0 Å². The third kappa shape index (κ3) is 7.95. The first kappa shape index (κ1) is 33.4. The van der Waals surface area contributed by atoms with Gasteiger partial charge in [0.1, 0.15) is 0 Å².